The molecular formula is C21H26FN7O5S. The molecule has 12 nitrogen and oxygen atoms in total. The van der Waals surface area contributed by atoms with Crippen molar-refractivity contribution in [2.45, 2.75) is 50.5 Å². The summed E-state index contributed by atoms with van der Waals surface area (Å²) in [6.45, 7) is 5.26. The van der Waals surface area contributed by atoms with Crippen LogP contribution in [0.3, 0.4) is 0 Å². The van der Waals surface area contributed by atoms with Crippen LogP contribution >= 0.6 is 0 Å². The Kier molecular flexibility index (Phi) is 6.85. The predicted octanol–water partition coefficient (Wildman–Crippen LogP) is 1.79. The summed E-state index contributed by atoms with van der Waals surface area (Å²) in [5.74, 6) is -0.579. The highest BCUT2D eigenvalue weighted by molar-refractivity contribution is 7.93. The lowest BCUT2D eigenvalue weighted by Crippen LogP contribution is -2.47. The quantitative estimate of drug-likeness (QED) is 0.464. The molecule has 2 unspecified atom stereocenters. The zero-order valence-electron chi connectivity index (χ0n) is 19.6. The van der Waals surface area contributed by atoms with Crippen molar-refractivity contribution >= 4 is 21.9 Å². The number of carbonyl (C=O) groups excluding carboxylic acids is 1. The minimum atomic E-state index is -4.09. The summed E-state index contributed by atoms with van der Waals surface area (Å²) in [7, 11) is -2.61. The first-order valence-corrected chi connectivity index (χ1v) is 12.5. The van der Waals surface area contributed by atoms with Gasteiger partial charge < -0.3 is 14.5 Å². The molecule has 1 aliphatic heterocycles. The van der Waals surface area contributed by atoms with Gasteiger partial charge in [-0.1, -0.05) is 6.92 Å². The molecular weight excluding hydrogens is 481 g/mol. The van der Waals surface area contributed by atoms with Gasteiger partial charge in [-0.05, 0) is 32.4 Å². The summed E-state index contributed by atoms with van der Waals surface area (Å²) in [5, 5.41) is 9.90. The van der Waals surface area contributed by atoms with Crippen molar-refractivity contribution in [1.82, 2.24) is 30.0 Å². The van der Waals surface area contributed by atoms with Crippen LogP contribution in [0.1, 0.15) is 43.8 Å². The molecule has 1 amide bonds. The van der Waals surface area contributed by atoms with E-state index < -0.39 is 39.2 Å². The number of nitrogens with zero attached hydrogens (tertiary/aromatic N) is 5. The molecule has 14 heteroatoms. The first-order valence-electron chi connectivity index (χ1n) is 10.9. The van der Waals surface area contributed by atoms with Gasteiger partial charge >= 0.3 is 0 Å². The predicted molar refractivity (Wildman–Crippen MR) is 122 cm³/mol. The molecule has 1 fully saturated rings. The van der Waals surface area contributed by atoms with E-state index in [2.05, 4.69) is 30.2 Å². The Morgan fingerprint density at radius 1 is 1.26 bits per heavy atom. The number of aromatic nitrogens is 5. The molecule has 3 aromatic rings. The van der Waals surface area contributed by atoms with Gasteiger partial charge in [-0.2, -0.15) is 0 Å². The van der Waals surface area contributed by atoms with Crippen LogP contribution in [0.2, 0.25) is 0 Å². The average molecular weight is 508 g/mol. The lowest BCUT2D eigenvalue weighted by molar-refractivity contribution is -0.131. The second-order valence-corrected chi connectivity index (χ2v) is 10.4. The first kappa shape index (κ1) is 24.7. The van der Waals surface area contributed by atoms with Crippen molar-refractivity contribution in [3.05, 3.63) is 41.9 Å². The number of hydrogen-bond donors (Lipinski definition) is 2. The molecule has 0 aromatic carbocycles. The number of hydrogen-bond acceptors (Lipinski definition) is 9. The highest BCUT2D eigenvalue weighted by Crippen LogP contribution is 2.33. The van der Waals surface area contributed by atoms with Crippen LogP contribution in [0, 0.1) is 12.7 Å². The van der Waals surface area contributed by atoms with E-state index in [0.717, 1.165) is 12.4 Å². The molecule has 35 heavy (non-hydrogen) atoms. The van der Waals surface area contributed by atoms with Crippen LogP contribution in [0.5, 0.6) is 0 Å². The van der Waals surface area contributed by atoms with Gasteiger partial charge in [0, 0.05) is 19.6 Å². The van der Waals surface area contributed by atoms with Crippen molar-refractivity contribution in [2.24, 2.45) is 0 Å². The van der Waals surface area contributed by atoms with E-state index in [4.69, 9.17) is 9.15 Å². The number of nitrogens with one attached hydrogen (secondary N) is 2. The van der Waals surface area contributed by atoms with Crippen LogP contribution in [0.15, 0.2) is 28.9 Å². The average Bonchev–Trinajstić information content (AvgIpc) is 3.43. The Bertz CT molecular complexity index is 1310. The van der Waals surface area contributed by atoms with Gasteiger partial charge in [0.05, 0.1) is 23.7 Å². The second kappa shape index (κ2) is 9.70. The Hall–Kier alpha value is -3.39. The maximum absolute atomic E-state index is 13.3. The number of sulfonamides is 1. The topological polar surface area (TPSA) is 154 Å². The Morgan fingerprint density at radius 2 is 1.97 bits per heavy atom. The minimum absolute atomic E-state index is 0.169. The monoisotopic (exact) mass is 507 g/mol. The summed E-state index contributed by atoms with van der Waals surface area (Å²) in [5.41, 5.74) is 0. The molecule has 4 heterocycles. The molecule has 188 valence electrons. The molecule has 0 radical (unpaired) electrons. The number of ether oxygens (including phenoxy) is 1. The number of piperidine rings is 1. The van der Waals surface area contributed by atoms with Crippen LogP contribution < -0.4 is 10.0 Å². The van der Waals surface area contributed by atoms with Gasteiger partial charge in [0.15, 0.2) is 11.6 Å². The number of rotatable bonds is 8. The number of amides is 1. The summed E-state index contributed by atoms with van der Waals surface area (Å²) in [6, 6.07) is 2.43. The number of anilines is 1. The van der Waals surface area contributed by atoms with E-state index in [1.165, 1.54) is 18.6 Å². The Morgan fingerprint density at radius 3 is 2.60 bits per heavy atom. The smallest absolute Gasteiger partial charge is 0.245 e. The number of carbonyl (C=O) groups is 1. The molecule has 0 spiro atoms. The summed E-state index contributed by atoms with van der Waals surface area (Å²) in [6.07, 6.45) is 1.91. The van der Waals surface area contributed by atoms with E-state index in [9.17, 15) is 17.6 Å². The molecule has 1 aliphatic rings. The molecule has 0 bridgehead atoms. The van der Waals surface area contributed by atoms with E-state index in [0.29, 0.717) is 24.5 Å². The van der Waals surface area contributed by atoms with Gasteiger partial charge in [-0.3, -0.25) is 14.1 Å². The maximum Gasteiger partial charge on any atom is 0.245 e. The molecule has 3 aromatic heterocycles. The Labute approximate surface area is 201 Å². The van der Waals surface area contributed by atoms with Crippen LogP contribution in [0.25, 0.3) is 11.6 Å². The number of furan rings is 1. The van der Waals surface area contributed by atoms with Crippen molar-refractivity contribution in [3.8, 4) is 11.6 Å². The van der Waals surface area contributed by atoms with Crippen LogP contribution in [-0.4, -0.2) is 64.1 Å². The van der Waals surface area contributed by atoms with Gasteiger partial charge in [0.25, 0.3) is 0 Å². The SMILES string of the molecule is COC1CCNC(=O)C1n1c(NS(=O)(=O)[C@@H](C)[C@H](C)c2ncc(F)cn2)nnc1-c1ccc(C)o1. The van der Waals surface area contributed by atoms with Crippen molar-refractivity contribution < 1.29 is 26.8 Å². The van der Waals surface area contributed by atoms with Crippen LogP contribution in [-0.2, 0) is 19.6 Å². The van der Waals surface area contributed by atoms with Crippen LogP contribution in [0.4, 0.5) is 10.3 Å². The lowest BCUT2D eigenvalue weighted by atomic mass is 10.0. The Balaban J connectivity index is 1.73. The third-order valence-electron chi connectivity index (χ3n) is 6.06. The molecule has 4 atom stereocenters. The van der Waals surface area contributed by atoms with E-state index in [-0.39, 0.29) is 23.5 Å². The third-order valence-corrected chi connectivity index (χ3v) is 7.92. The number of methoxy groups -OCH3 is 1. The van der Waals surface area contributed by atoms with Gasteiger partial charge in [-0.15, -0.1) is 10.2 Å². The lowest BCUT2D eigenvalue weighted by Gasteiger charge is -2.32. The summed E-state index contributed by atoms with van der Waals surface area (Å²) in [4.78, 5) is 20.7. The van der Waals surface area contributed by atoms with Gasteiger partial charge in [0.1, 0.15) is 17.6 Å². The summed E-state index contributed by atoms with van der Waals surface area (Å²) < 4.78 is 54.9. The zero-order chi connectivity index (χ0) is 25.3. The largest absolute Gasteiger partial charge is 0.458 e. The van der Waals surface area contributed by atoms with E-state index in [1.54, 1.807) is 26.0 Å². The summed E-state index contributed by atoms with van der Waals surface area (Å²) >= 11 is 0. The third kappa shape index (κ3) is 4.89. The van der Waals surface area contributed by atoms with Crippen molar-refractivity contribution in [3.63, 3.8) is 0 Å². The van der Waals surface area contributed by atoms with Gasteiger partial charge in [-0.25, -0.2) is 22.8 Å². The highest BCUT2D eigenvalue weighted by atomic mass is 32.2. The fourth-order valence-corrected chi connectivity index (χ4v) is 5.14. The van der Waals surface area contributed by atoms with Crippen molar-refractivity contribution in [1.29, 1.82) is 0 Å². The molecule has 4 rings (SSSR count). The molecule has 1 saturated heterocycles. The van der Waals surface area contributed by atoms with Crippen molar-refractivity contribution in [2.75, 3.05) is 18.4 Å². The molecule has 2 N–H and O–H groups in total. The standard InChI is InChI=1S/C21H26FN7O5S/c1-11-5-6-16(34-11)19-26-27-21(29(19)17-15(33-4)7-8-23-20(17)30)28-35(31,32)13(3)12(2)18-24-9-14(22)10-25-18/h5-6,9-10,12-13,15,17H,7-8H2,1-4H3,(H,23,30)(H,27,28)/t12-,13-,15?,17?/m0/s1. The number of halogens is 1. The minimum Gasteiger partial charge on any atom is -0.458 e. The highest BCUT2D eigenvalue weighted by Gasteiger charge is 2.39. The normalized spacial score (nSPS) is 20.3. The van der Waals surface area contributed by atoms with Gasteiger partial charge in [0.2, 0.25) is 27.7 Å². The maximum atomic E-state index is 13.3. The zero-order valence-corrected chi connectivity index (χ0v) is 20.4. The fourth-order valence-electron chi connectivity index (χ4n) is 3.90. The fraction of sp³-hybridized carbons (Fsp3) is 0.476. The second-order valence-electron chi connectivity index (χ2n) is 8.33. The molecule has 0 saturated carbocycles. The van der Waals surface area contributed by atoms with E-state index in [1.807, 2.05) is 0 Å². The van der Waals surface area contributed by atoms with E-state index >= 15 is 0 Å². The molecule has 0 aliphatic carbocycles. The first-order chi connectivity index (χ1) is 16.6. The number of aryl methyl sites for hydroxylation is 1.